The van der Waals surface area contributed by atoms with E-state index in [4.69, 9.17) is 5.11 Å². The number of nitrogens with zero attached hydrogens (tertiary/aromatic N) is 1. The predicted octanol–water partition coefficient (Wildman–Crippen LogP) is 2.04. The van der Waals surface area contributed by atoms with E-state index in [-0.39, 0.29) is 12.6 Å². The first-order chi connectivity index (χ1) is 6.79. The summed E-state index contributed by atoms with van der Waals surface area (Å²) in [5.74, 6) is 0. The van der Waals surface area contributed by atoms with Crippen LogP contribution in [0.25, 0.3) is 0 Å². The first kappa shape index (κ1) is 11.0. The molecule has 1 aromatic rings. The number of benzene rings is 1. The molecule has 0 heterocycles. The summed E-state index contributed by atoms with van der Waals surface area (Å²) < 4.78 is 0. The van der Waals surface area contributed by atoms with E-state index in [9.17, 15) is 5.21 Å². The molecule has 0 aliphatic carbocycles. The minimum Gasteiger partial charge on any atom is -0.394 e. The van der Waals surface area contributed by atoms with Gasteiger partial charge < -0.3 is 5.11 Å². The highest BCUT2D eigenvalue weighted by Crippen LogP contribution is 2.16. The molecule has 0 bridgehead atoms. The Balaban J connectivity index is 2.67. The maximum atomic E-state index is 9.78. The monoisotopic (exact) mass is 195 g/mol. The lowest BCUT2D eigenvalue weighted by Gasteiger charge is -2.25. The number of hydrogen-bond donors (Lipinski definition) is 2. The zero-order valence-corrected chi connectivity index (χ0v) is 8.43. The molecule has 0 aliphatic rings. The third-order valence-electron chi connectivity index (χ3n) is 2.20. The van der Waals surface area contributed by atoms with E-state index in [1.807, 2.05) is 37.3 Å². The third-order valence-corrected chi connectivity index (χ3v) is 2.20. The summed E-state index contributed by atoms with van der Waals surface area (Å²) in [7, 11) is 0. The minimum atomic E-state index is -0.206. The quantitative estimate of drug-likeness (QED) is 0.707. The third kappa shape index (κ3) is 2.72. The van der Waals surface area contributed by atoms with Crippen LogP contribution in [0, 0.1) is 0 Å². The lowest BCUT2D eigenvalue weighted by atomic mass is 10.1. The van der Waals surface area contributed by atoms with Crippen LogP contribution < -0.4 is 5.06 Å². The largest absolute Gasteiger partial charge is 0.394 e. The molecule has 0 amide bonds. The van der Waals surface area contributed by atoms with Crippen LogP contribution in [0.2, 0.25) is 0 Å². The highest BCUT2D eigenvalue weighted by atomic mass is 16.5. The van der Waals surface area contributed by atoms with Crippen LogP contribution in [-0.2, 0) is 0 Å². The maximum absolute atomic E-state index is 9.78. The Kier molecular flexibility index (Phi) is 4.43. The van der Waals surface area contributed by atoms with Gasteiger partial charge in [-0.05, 0) is 18.6 Å². The second-order valence-corrected chi connectivity index (χ2v) is 3.31. The van der Waals surface area contributed by atoms with Crippen molar-refractivity contribution >= 4 is 5.69 Å². The Morgan fingerprint density at radius 3 is 2.43 bits per heavy atom. The van der Waals surface area contributed by atoms with E-state index >= 15 is 0 Å². The van der Waals surface area contributed by atoms with Crippen LogP contribution in [0.3, 0.4) is 0 Å². The highest BCUT2D eigenvalue weighted by molar-refractivity contribution is 5.43. The van der Waals surface area contributed by atoms with Crippen LogP contribution in [-0.4, -0.2) is 23.0 Å². The Morgan fingerprint density at radius 1 is 1.29 bits per heavy atom. The highest BCUT2D eigenvalue weighted by Gasteiger charge is 2.14. The lowest BCUT2D eigenvalue weighted by molar-refractivity contribution is 0.154. The molecule has 0 aromatic heterocycles. The van der Waals surface area contributed by atoms with Gasteiger partial charge in [0.05, 0.1) is 18.3 Å². The number of aliphatic hydroxyl groups excluding tert-OH is 1. The van der Waals surface area contributed by atoms with Gasteiger partial charge in [0.1, 0.15) is 0 Å². The smallest absolute Gasteiger partial charge is 0.0794 e. The van der Waals surface area contributed by atoms with Crippen molar-refractivity contribution in [3.63, 3.8) is 0 Å². The van der Waals surface area contributed by atoms with Crippen molar-refractivity contribution in [2.75, 3.05) is 11.7 Å². The number of anilines is 1. The zero-order chi connectivity index (χ0) is 10.4. The molecule has 78 valence electrons. The molecule has 1 aromatic carbocycles. The summed E-state index contributed by atoms with van der Waals surface area (Å²) in [5, 5.41) is 20.0. The van der Waals surface area contributed by atoms with Gasteiger partial charge in [-0.2, -0.15) is 0 Å². The Hall–Kier alpha value is -1.06. The molecule has 0 saturated carbocycles. The number of hydroxylamine groups is 1. The topological polar surface area (TPSA) is 43.7 Å². The number of para-hydroxylation sites is 1. The van der Waals surface area contributed by atoms with Gasteiger partial charge in [0.25, 0.3) is 0 Å². The normalized spacial score (nSPS) is 12.5. The number of hydrogen-bond acceptors (Lipinski definition) is 3. The van der Waals surface area contributed by atoms with E-state index in [2.05, 4.69) is 0 Å². The van der Waals surface area contributed by atoms with Gasteiger partial charge in [-0.3, -0.25) is 10.3 Å². The fourth-order valence-corrected chi connectivity index (χ4v) is 1.42. The molecule has 1 atom stereocenters. The molecule has 0 radical (unpaired) electrons. The molecule has 3 nitrogen and oxygen atoms in total. The van der Waals surface area contributed by atoms with E-state index < -0.39 is 0 Å². The Bertz CT molecular complexity index is 251. The van der Waals surface area contributed by atoms with Crippen molar-refractivity contribution in [1.82, 2.24) is 0 Å². The second-order valence-electron chi connectivity index (χ2n) is 3.31. The molecule has 0 unspecified atom stereocenters. The van der Waals surface area contributed by atoms with E-state index in [0.717, 1.165) is 23.6 Å². The molecule has 2 N–H and O–H groups in total. The van der Waals surface area contributed by atoms with Crippen molar-refractivity contribution in [3.8, 4) is 0 Å². The summed E-state index contributed by atoms with van der Waals surface area (Å²) in [6.45, 7) is 2.00. The average Bonchev–Trinajstić information content (AvgIpc) is 2.26. The van der Waals surface area contributed by atoms with Crippen molar-refractivity contribution in [2.45, 2.75) is 25.8 Å². The molecular weight excluding hydrogens is 178 g/mol. The molecule has 0 spiro atoms. The van der Waals surface area contributed by atoms with Crippen LogP contribution >= 0.6 is 0 Å². The Labute approximate surface area is 84.6 Å². The summed E-state index contributed by atoms with van der Waals surface area (Å²) >= 11 is 0. The van der Waals surface area contributed by atoms with Crippen molar-refractivity contribution in [3.05, 3.63) is 30.3 Å². The van der Waals surface area contributed by atoms with Gasteiger partial charge >= 0.3 is 0 Å². The molecule has 0 fully saturated rings. The fourth-order valence-electron chi connectivity index (χ4n) is 1.42. The van der Waals surface area contributed by atoms with E-state index in [0.29, 0.717) is 0 Å². The average molecular weight is 195 g/mol. The second kappa shape index (κ2) is 5.62. The van der Waals surface area contributed by atoms with E-state index in [1.54, 1.807) is 0 Å². The Morgan fingerprint density at radius 2 is 1.93 bits per heavy atom. The molecule has 0 saturated heterocycles. The standard InChI is InChI=1S/C11H17NO2/c1-2-6-11(9-13)12(14)10-7-4-3-5-8-10/h3-5,7-8,11,13-14H,2,6,9H2,1H3/t11-/m1/s1. The number of rotatable bonds is 5. The summed E-state index contributed by atoms with van der Waals surface area (Å²) in [6.07, 6.45) is 1.72. The maximum Gasteiger partial charge on any atom is 0.0794 e. The van der Waals surface area contributed by atoms with Crippen molar-refractivity contribution in [2.24, 2.45) is 0 Å². The molecule has 0 aliphatic heterocycles. The van der Waals surface area contributed by atoms with Gasteiger partial charge in [-0.25, -0.2) is 0 Å². The van der Waals surface area contributed by atoms with Gasteiger partial charge in [0.15, 0.2) is 0 Å². The molecule has 14 heavy (non-hydrogen) atoms. The van der Waals surface area contributed by atoms with E-state index in [1.165, 1.54) is 0 Å². The first-order valence-corrected chi connectivity index (χ1v) is 4.93. The van der Waals surface area contributed by atoms with Gasteiger partial charge in [-0.15, -0.1) is 0 Å². The molecule has 1 rings (SSSR count). The fraction of sp³-hybridized carbons (Fsp3) is 0.455. The van der Waals surface area contributed by atoms with Crippen molar-refractivity contribution in [1.29, 1.82) is 0 Å². The molecule has 3 heteroatoms. The summed E-state index contributed by atoms with van der Waals surface area (Å²) in [5.41, 5.74) is 0.722. The van der Waals surface area contributed by atoms with Crippen LogP contribution in [0.15, 0.2) is 30.3 Å². The summed E-state index contributed by atoms with van der Waals surface area (Å²) in [4.78, 5) is 0. The van der Waals surface area contributed by atoms with Crippen LogP contribution in [0.1, 0.15) is 19.8 Å². The SMILES string of the molecule is CCC[C@H](CO)N(O)c1ccccc1. The van der Waals surface area contributed by atoms with Crippen LogP contribution in [0.5, 0.6) is 0 Å². The lowest BCUT2D eigenvalue weighted by Crippen LogP contribution is -2.35. The van der Waals surface area contributed by atoms with Gasteiger partial charge in [0.2, 0.25) is 0 Å². The summed E-state index contributed by atoms with van der Waals surface area (Å²) in [6, 6.07) is 9.04. The number of aliphatic hydroxyl groups is 1. The van der Waals surface area contributed by atoms with Gasteiger partial charge in [0, 0.05) is 0 Å². The zero-order valence-electron chi connectivity index (χ0n) is 8.43. The minimum absolute atomic E-state index is 0.0285. The molecular formula is C11H17NO2. The predicted molar refractivity (Wildman–Crippen MR) is 56.5 cm³/mol. The van der Waals surface area contributed by atoms with Crippen molar-refractivity contribution < 1.29 is 10.3 Å². The van der Waals surface area contributed by atoms with Crippen LogP contribution in [0.4, 0.5) is 5.69 Å². The van der Waals surface area contributed by atoms with Gasteiger partial charge in [-0.1, -0.05) is 31.5 Å². The first-order valence-electron chi connectivity index (χ1n) is 4.93.